The van der Waals surface area contributed by atoms with Crippen LogP contribution in [-0.2, 0) is 10.5 Å². The van der Waals surface area contributed by atoms with Gasteiger partial charge in [0.05, 0.1) is 5.56 Å². The Balaban J connectivity index is 3.51. The summed E-state index contributed by atoms with van der Waals surface area (Å²) in [4.78, 5) is 0. The van der Waals surface area contributed by atoms with Crippen molar-refractivity contribution in [3.63, 3.8) is 0 Å². The van der Waals surface area contributed by atoms with Gasteiger partial charge in [0.1, 0.15) is 11.8 Å². The van der Waals surface area contributed by atoms with Gasteiger partial charge in [-0.25, -0.2) is 0 Å². The van der Waals surface area contributed by atoms with Gasteiger partial charge >= 0.3 is 10.5 Å². The van der Waals surface area contributed by atoms with E-state index < -0.39 is 10.5 Å². The van der Waals surface area contributed by atoms with Crippen molar-refractivity contribution in [3.05, 3.63) is 29.3 Å². The van der Waals surface area contributed by atoms with E-state index in [1.54, 1.807) is 19.1 Å². The topological polar surface area (TPSA) is 70.3 Å². The molecule has 0 aliphatic heterocycles. The van der Waals surface area contributed by atoms with Gasteiger partial charge in [0.15, 0.2) is 0 Å². The lowest BCUT2D eigenvalue weighted by Gasteiger charge is -1.97. The van der Waals surface area contributed by atoms with Crippen LogP contribution in [-0.4, -0.2) is 8.42 Å². The fourth-order valence-electron chi connectivity index (χ4n) is 0.945. The minimum absolute atomic E-state index is 0.221. The van der Waals surface area contributed by atoms with E-state index in [2.05, 4.69) is 4.36 Å². The Labute approximate surface area is 77.1 Å². The number of rotatable bonds is 1. The first-order valence-corrected chi connectivity index (χ1v) is 4.49. The second-order valence-electron chi connectivity index (χ2n) is 2.39. The van der Waals surface area contributed by atoms with Crippen molar-refractivity contribution < 1.29 is 8.42 Å². The number of aryl methyl sites for hydroxylation is 1. The van der Waals surface area contributed by atoms with Crippen molar-refractivity contribution in [2.75, 3.05) is 0 Å². The molecule has 0 aromatic heterocycles. The Bertz CT molecular complexity index is 489. The van der Waals surface area contributed by atoms with E-state index in [4.69, 9.17) is 5.26 Å². The molecule has 0 spiro atoms. The predicted octanol–water partition coefficient (Wildman–Crippen LogP) is 1.56. The highest BCUT2D eigenvalue weighted by Crippen LogP contribution is 2.22. The minimum Gasteiger partial charge on any atom is -0.192 e. The van der Waals surface area contributed by atoms with Crippen LogP contribution in [0.15, 0.2) is 22.6 Å². The summed E-state index contributed by atoms with van der Waals surface area (Å²) < 4.78 is 23.9. The molecular formula is C8H6N2O2S. The number of hydrogen-bond acceptors (Lipinski definition) is 4. The highest BCUT2D eigenvalue weighted by atomic mass is 32.2. The summed E-state index contributed by atoms with van der Waals surface area (Å²) in [5.74, 6) is 0. The van der Waals surface area contributed by atoms with Gasteiger partial charge < -0.3 is 0 Å². The van der Waals surface area contributed by atoms with Gasteiger partial charge in [0, 0.05) is 0 Å². The molecule has 0 N–H and O–H groups in total. The van der Waals surface area contributed by atoms with Gasteiger partial charge in [-0.1, -0.05) is 12.1 Å². The zero-order chi connectivity index (χ0) is 9.84. The van der Waals surface area contributed by atoms with Crippen LogP contribution >= 0.6 is 0 Å². The van der Waals surface area contributed by atoms with Gasteiger partial charge in [-0.2, -0.15) is 13.7 Å². The molecule has 13 heavy (non-hydrogen) atoms. The summed E-state index contributed by atoms with van der Waals surface area (Å²) in [7, 11) is -2.51. The molecule has 4 nitrogen and oxygen atoms in total. The second-order valence-corrected chi connectivity index (χ2v) is 3.01. The van der Waals surface area contributed by atoms with Crippen LogP contribution in [0.5, 0.6) is 0 Å². The van der Waals surface area contributed by atoms with E-state index in [0.29, 0.717) is 5.56 Å². The maximum absolute atomic E-state index is 10.3. The molecule has 1 aromatic rings. The van der Waals surface area contributed by atoms with Crippen molar-refractivity contribution in [1.29, 1.82) is 5.26 Å². The van der Waals surface area contributed by atoms with E-state index in [1.165, 1.54) is 6.07 Å². The monoisotopic (exact) mass is 194 g/mol. The maximum atomic E-state index is 10.3. The smallest absolute Gasteiger partial charge is 0.192 e. The fraction of sp³-hybridized carbons (Fsp3) is 0.125. The Morgan fingerprint density at radius 2 is 2.15 bits per heavy atom. The Kier molecular flexibility index (Phi) is 2.77. The fourth-order valence-corrected chi connectivity index (χ4v) is 1.34. The summed E-state index contributed by atoms with van der Waals surface area (Å²) in [5.41, 5.74) is 1.16. The molecule has 0 aliphatic rings. The maximum Gasteiger partial charge on any atom is 0.316 e. The normalized spacial score (nSPS) is 8.92. The van der Waals surface area contributed by atoms with E-state index in [0.717, 1.165) is 0 Å². The number of benzene rings is 1. The molecule has 0 saturated carbocycles. The zero-order valence-electron chi connectivity index (χ0n) is 6.85. The van der Waals surface area contributed by atoms with Crippen molar-refractivity contribution in [1.82, 2.24) is 0 Å². The number of nitrogens with zero attached hydrogens (tertiary/aromatic N) is 2. The van der Waals surface area contributed by atoms with Crippen LogP contribution in [0.3, 0.4) is 0 Å². The summed E-state index contributed by atoms with van der Waals surface area (Å²) >= 11 is 0. The third-order valence-electron chi connectivity index (χ3n) is 1.52. The van der Waals surface area contributed by atoms with E-state index >= 15 is 0 Å². The van der Waals surface area contributed by atoms with E-state index in [-0.39, 0.29) is 11.3 Å². The molecule has 0 heterocycles. The summed E-state index contributed by atoms with van der Waals surface area (Å²) in [6.45, 7) is 1.70. The van der Waals surface area contributed by atoms with Gasteiger partial charge in [-0.15, -0.1) is 4.36 Å². The van der Waals surface area contributed by atoms with Crippen LogP contribution in [0.25, 0.3) is 0 Å². The molecule has 0 bridgehead atoms. The lowest BCUT2D eigenvalue weighted by molar-refractivity contribution is 0.622. The highest BCUT2D eigenvalue weighted by molar-refractivity contribution is 7.61. The second kappa shape index (κ2) is 3.83. The lowest BCUT2D eigenvalue weighted by atomic mass is 10.1. The molecule has 0 aliphatic carbocycles. The van der Waals surface area contributed by atoms with Gasteiger partial charge in [0.2, 0.25) is 0 Å². The molecule has 1 aromatic carbocycles. The number of nitriles is 1. The van der Waals surface area contributed by atoms with Crippen LogP contribution in [0.4, 0.5) is 5.69 Å². The zero-order valence-corrected chi connectivity index (χ0v) is 7.67. The predicted molar refractivity (Wildman–Crippen MR) is 46.9 cm³/mol. The third-order valence-corrected chi connectivity index (χ3v) is 1.86. The van der Waals surface area contributed by atoms with Crippen molar-refractivity contribution >= 4 is 16.2 Å². The average molecular weight is 194 g/mol. The molecule has 0 radical (unpaired) electrons. The largest absolute Gasteiger partial charge is 0.316 e. The van der Waals surface area contributed by atoms with Crippen LogP contribution < -0.4 is 0 Å². The third kappa shape index (κ3) is 2.13. The van der Waals surface area contributed by atoms with Crippen LogP contribution in [0.2, 0.25) is 0 Å². The van der Waals surface area contributed by atoms with Crippen molar-refractivity contribution in [2.24, 2.45) is 4.36 Å². The average Bonchev–Trinajstić information content (AvgIpc) is 2.08. The molecule has 0 atom stereocenters. The first-order chi connectivity index (χ1) is 6.15. The Morgan fingerprint density at radius 1 is 1.46 bits per heavy atom. The number of hydrogen-bond donors (Lipinski definition) is 0. The van der Waals surface area contributed by atoms with Gasteiger partial charge in [0.25, 0.3) is 0 Å². The standard InChI is InChI=1S/C8H6N2O2S/c1-6-3-2-4-7(5-9)8(6)10-13(11)12/h2-4H,1H3. The lowest BCUT2D eigenvalue weighted by Crippen LogP contribution is -1.80. The van der Waals surface area contributed by atoms with Crippen LogP contribution in [0.1, 0.15) is 11.1 Å². The summed E-state index contributed by atoms with van der Waals surface area (Å²) in [6.07, 6.45) is 0. The SMILES string of the molecule is Cc1cccc(C#N)c1N=S(=O)=O. The molecule has 5 heteroatoms. The molecule has 0 unspecified atom stereocenters. The minimum atomic E-state index is -2.51. The first kappa shape index (κ1) is 9.42. The highest BCUT2D eigenvalue weighted by Gasteiger charge is 2.03. The molecule has 1 rings (SSSR count). The molecule has 0 amide bonds. The van der Waals surface area contributed by atoms with E-state index in [9.17, 15) is 8.42 Å². The summed E-state index contributed by atoms with van der Waals surface area (Å²) in [6, 6.07) is 6.78. The van der Waals surface area contributed by atoms with Gasteiger partial charge in [-0.05, 0) is 18.6 Å². The molecule has 0 fully saturated rings. The summed E-state index contributed by atoms with van der Waals surface area (Å²) in [5, 5.41) is 8.64. The van der Waals surface area contributed by atoms with E-state index in [1.807, 2.05) is 6.07 Å². The molecule has 0 saturated heterocycles. The Hall–Kier alpha value is -1.67. The van der Waals surface area contributed by atoms with Gasteiger partial charge in [-0.3, -0.25) is 0 Å². The van der Waals surface area contributed by atoms with Crippen molar-refractivity contribution in [2.45, 2.75) is 6.92 Å². The Morgan fingerprint density at radius 3 is 2.69 bits per heavy atom. The van der Waals surface area contributed by atoms with Crippen LogP contribution in [0, 0.1) is 18.3 Å². The first-order valence-electron chi connectivity index (χ1n) is 3.46. The molecular weight excluding hydrogens is 188 g/mol. The quantitative estimate of drug-likeness (QED) is 0.681. The molecule has 66 valence electrons. The van der Waals surface area contributed by atoms with Crippen molar-refractivity contribution in [3.8, 4) is 6.07 Å².